The quantitative estimate of drug-likeness (QED) is 0.560. The van der Waals surface area contributed by atoms with Gasteiger partial charge < -0.3 is 10.1 Å². The van der Waals surface area contributed by atoms with Crippen molar-refractivity contribution in [2.45, 2.75) is 13.5 Å². The minimum atomic E-state index is -3.60. The van der Waals surface area contributed by atoms with Crippen LogP contribution in [0.5, 0.6) is 5.75 Å². The van der Waals surface area contributed by atoms with E-state index in [4.69, 9.17) is 4.74 Å². The molecule has 1 amide bonds. The van der Waals surface area contributed by atoms with E-state index in [0.29, 0.717) is 34.9 Å². The zero-order valence-corrected chi connectivity index (χ0v) is 18.0. The summed E-state index contributed by atoms with van der Waals surface area (Å²) in [4.78, 5) is 12.6. The Hall–Kier alpha value is -3.39. The second-order valence-corrected chi connectivity index (χ2v) is 8.73. The van der Waals surface area contributed by atoms with Gasteiger partial charge in [-0.3, -0.25) is 9.10 Å². The summed E-state index contributed by atoms with van der Waals surface area (Å²) in [5.74, 6) is -0.170. The van der Waals surface area contributed by atoms with Crippen molar-refractivity contribution >= 4 is 27.3 Å². The van der Waals surface area contributed by atoms with Crippen molar-refractivity contribution in [3.05, 3.63) is 89.7 Å². The molecule has 0 unspecified atom stereocenters. The van der Waals surface area contributed by atoms with Gasteiger partial charge in [-0.05, 0) is 61.0 Å². The number of ether oxygens (including phenoxy) is 1. The van der Waals surface area contributed by atoms with E-state index in [9.17, 15) is 17.6 Å². The highest BCUT2D eigenvalue weighted by Crippen LogP contribution is 2.25. The highest BCUT2D eigenvalue weighted by atomic mass is 32.2. The van der Waals surface area contributed by atoms with E-state index in [1.807, 2.05) is 13.0 Å². The molecule has 0 bridgehead atoms. The van der Waals surface area contributed by atoms with Crippen LogP contribution in [0.2, 0.25) is 0 Å². The zero-order chi connectivity index (χ0) is 22.4. The molecule has 0 saturated heterocycles. The van der Waals surface area contributed by atoms with Crippen molar-refractivity contribution in [1.82, 2.24) is 0 Å². The first kappa shape index (κ1) is 22.3. The van der Waals surface area contributed by atoms with Gasteiger partial charge >= 0.3 is 0 Å². The Morgan fingerprint density at radius 2 is 1.65 bits per heavy atom. The Bertz CT molecular complexity index is 1150. The number of sulfonamides is 1. The van der Waals surface area contributed by atoms with Gasteiger partial charge in [-0.15, -0.1) is 0 Å². The largest absolute Gasteiger partial charge is 0.492 e. The normalized spacial score (nSPS) is 11.1. The smallest absolute Gasteiger partial charge is 0.255 e. The highest BCUT2D eigenvalue weighted by Gasteiger charge is 2.19. The van der Waals surface area contributed by atoms with Crippen LogP contribution in [-0.2, 0) is 16.6 Å². The van der Waals surface area contributed by atoms with Gasteiger partial charge in [0, 0.05) is 5.56 Å². The number of halogens is 1. The molecule has 0 radical (unpaired) electrons. The van der Waals surface area contributed by atoms with Crippen LogP contribution in [0.25, 0.3) is 0 Å². The number of anilines is 2. The number of rotatable bonds is 8. The van der Waals surface area contributed by atoms with Gasteiger partial charge in [-0.1, -0.05) is 24.3 Å². The summed E-state index contributed by atoms with van der Waals surface area (Å²) in [5, 5.41) is 2.80. The molecule has 31 heavy (non-hydrogen) atoms. The fraction of sp³-hybridized carbons (Fsp3) is 0.174. The molecular formula is C23H23FN2O4S. The van der Waals surface area contributed by atoms with Gasteiger partial charge in [-0.2, -0.15) is 0 Å². The number of carbonyl (C=O) groups excluding carboxylic acids is 1. The van der Waals surface area contributed by atoms with Gasteiger partial charge in [0.2, 0.25) is 10.0 Å². The third-order valence-electron chi connectivity index (χ3n) is 4.49. The maximum Gasteiger partial charge on any atom is 0.255 e. The van der Waals surface area contributed by atoms with Crippen molar-refractivity contribution in [3.63, 3.8) is 0 Å². The molecule has 3 aromatic carbocycles. The van der Waals surface area contributed by atoms with Crippen LogP contribution in [-0.4, -0.2) is 27.2 Å². The van der Waals surface area contributed by atoms with E-state index >= 15 is 0 Å². The molecule has 162 valence electrons. The minimum absolute atomic E-state index is 0.0480. The molecule has 0 saturated carbocycles. The van der Waals surface area contributed by atoms with Crippen molar-refractivity contribution in [2.24, 2.45) is 0 Å². The third-order valence-corrected chi connectivity index (χ3v) is 5.63. The summed E-state index contributed by atoms with van der Waals surface area (Å²) in [6.07, 6.45) is 1.10. The number of carbonyl (C=O) groups is 1. The fourth-order valence-corrected chi connectivity index (χ4v) is 3.87. The topological polar surface area (TPSA) is 75.7 Å². The van der Waals surface area contributed by atoms with E-state index in [0.717, 1.165) is 6.26 Å². The number of hydrogen-bond donors (Lipinski definition) is 1. The Morgan fingerprint density at radius 1 is 1.00 bits per heavy atom. The predicted octanol–water partition coefficient (Wildman–Crippen LogP) is 4.44. The monoisotopic (exact) mass is 442 g/mol. The lowest BCUT2D eigenvalue weighted by Gasteiger charge is -2.23. The van der Waals surface area contributed by atoms with E-state index in [1.165, 1.54) is 28.6 Å². The number of amides is 1. The zero-order valence-electron chi connectivity index (χ0n) is 17.2. The molecule has 0 atom stereocenters. The molecule has 3 aromatic rings. The van der Waals surface area contributed by atoms with Gasteiger partial charge in [0.05, 0.1) is 30.8 Å². The molecule has 8 heteroatoms. The van der Waals surface area contributed by atoms with Crippen molar-refractivity contribution in [2.75, 3.05) is 22.5 Å². The Labute approximate surface area is 181 Å². The van der Waals surface area contributed by atoms with Gasteiger partial charge in [0.25, 0.3) is 5.91 Å². The molecule has 6 nitrogen and oxygen atoms in total. The summed E-state index contributed by atoms with van der Waals surface area (Å²) in [7, 11) is -3.60. The number of nitrogens with one attached hydrogen (secondary N) is 1. The average Bonchev–Trinajstić information content (AvgIpc) is 2.74. The molecule has 3 rings (SSSR count). The van der Waals surface area contributed by atoms with Crippen LogP contribution in [0.4, 0.5) is 15.8 Å². The lowest BCUT2D eigenvalue weighted by atomic mass is 10.1. The Morgan fingerprint density at radius 3 is 2.26 bits per heavy atom. The molecular weight excluding hydrogens is 419 g/mol. The third kappa shape index (κ3) is 5.82. The second-order valence-electron chi connectivity index (χ2n) is 6.83. The first-order valence-corrected chi connectivity index (χ1v) is 11.5. The molecule has 0 heterocycles. The van der Waals surface area contributed by atoms with Crippen LogP contribution in [0.15, 0.2) is 72.8 Å². The Kier molecular flexibility index (Phi) is 6.91. The van der Waals surface area contributed by atoms with Crippen LogP contribution >= 0.6 is 0 Å². The summed E-state index contributed by atoms with van der Waals surface area (Å²) in [6, 6.07) is 19.0. The van der Waals surface area contributed by atoms with Gasteiger partial charge in [-0.25, -0.2) is 12.8 Å². The SMILES string of the molecule is CCOc1ccccc1NC(=O)c1ccc(N(Cc2ccc(F)cc2)S(C)(=O)=O)cc1. The standard InChI is InChI=1S/C23H23FN2O4S/c1-3-30-22-7-5-4-6-21(22)25-23(27)18-10-14-20(15-11-18)26(31(2,28)29)16-17-8-12-19(24)13-9-17/h4-15H,3,16H2,1-2H3,(H,25,27). The van der Waals surface area contributed by atoms with Gasteiger partial charge in [0.15, 0.2) is 0 Å². The summed E-state index contributed by atoms with van der Waals surface area (Å²) >= 11 is 0. The highest BCUT2D eigenvalue weighted by molar-refractivity contribution is 7.92. The number of para-hydroxylation sites is 2. The lowest BCUT2D eigenvalue weighted by molar-refractivity contribution is 0.102. The van der Waals surface area contributed by atoms with Crippen molar-refractivity contribution in [3.8, 4) is 5.75 Å². The van der Waals surface area contributed by atoms with Crippen LogP contribution in [0, 0.1) is 5.82 Å². The van der Waals surface area contributed by atoms with E-state index in [2.05, 4.69) is 5.32 Å². The van der Waals surface area contributed by atoms with Crippen molar-refractivity contribution < 1.29 is 22.3 Å². The van der Waals surface area contributed by atoms with Crippen LogP contribution in [0.1, 0.15) is 22.8 Å². The summed E-state index contributed by atoms with van der Waals surface area (Å²) in [6.45, 7) is 2.38. The molecule has 0 fully saturated rings. The summed E-state index contributed by atoms with van der Waals surface area (Å²) < 4.78 is 44.5. The molecule has 1 N–H and O–H groups in total. The van der Waals surface area contributed by atoms with Crippen LogP contribution < -0.4 is 14.4 Å². The van der Waals surface area contributed by atoms with E-state index < -0.39 is 15.8 Å². The second kappa shape index (κ2) is 9.61. The first-order chi connectivity index (χ1) is 14.8. The maximum atomic E-state index is 13.1. The molecule has 0 spiro atoms. The molecule has 0 aromatic heterocycles. The molecule has 0 aliphatic carbocycles. The number of hydrogen-bond acceptors (Lipinski definition) is 4. The van der Waals surface area contributed by atoms with Crippen LogP contribution in [0.3, 0.4) is 0 Å². The number of nitrogens with zero attached hydrogens (tertiary/aromatic N) is 1. The maximum absolute atomic E-state index is 13.1. The number of benzene rings is 3. The molecule has 0 aliphatic heterocycles. The average molecular weight is 443 g/mol. The van der Waals surface area contributed by atoms with E-state index in [1.54, 1.807) is 42.5 Å². The molecule has 0 aliphatic rings. The van der Waals surface area contributed by atoms with E-state index in [-0.39, 0.29) is 12.5 Å². The Balaban J connectivity index is 1.80. The first-order valence-electron chi connectivity index (χ1n) is 9.63. The van der Waals surface area contributed by atoms with Gasteiger partial charge in [0.1, 0.15) is 11.6 Å². The van der Waals surface area contributed by atoms with Crippen molar-refractivity contribution in [1.29, 1.82) is 0 Å². The minimum Gasteiger partial charge on any atom is -0.492 e. The fourth-order valence-electron chi connectivity index (χ4n) is 2.98. The predicted molar refractivity (Wildman–Crippen MR) is 119 cm³/mol. The lowest BCUT2D eigenvalue weighted by Crippen LogP contribution is -2.29. The summed E-state index contributed by atoms with van der Waals surface area (Å²) in [5.41, 5.74) is 1.96.